The third kappa shape index (κ3) is 4.42. The highest BCUT2D eigenvalue weighted by Crippen LogP contribution is 2.37. The van der Waals surface area contributed by atoms with E-state index in [1.807, 2.05) is 0 Å². The van der Waals surface area contributed by atoms with Gasteiger partial charge in [0.15, 0.2) is 0 Å². The van der Waals surface area contributed by atoms with E-state index in [4.69, 9.17) is 5.11 Å². The first kappa shape index (κ1) is 19.9. The van der Waals surface area contributed by atoms with Gasteiger partial charge >= 0.3 is 17.9 Å². The van der Waals surface area contributed by atoms with Gasteiger partial charge in [-0.2, -0.15) is 0 Å². The molecular formula is C17H13NO8S. The van der Waals surface area contributed by atoms with E-state index >= 15 is 0 Å². The molecule has 10 heteroatoms. The number of ether oxygens (including phenoxy) is 2. The molecule has 2 aromatic carbocycles. The molecule has 0 aliphatic heterocycles. The van der Waals surface area contributed by atoms with Crippen LogP contribution in [-0.2, 0) is 9.47 Å². The van der Waals surface area contributed by atoms with Crippen molar-refractivity contribution in [1.29, 1.82) is 0 Å². The van der Waals surface area contributed by atoms with Gasteiger partial charge < -0.3 is 14.6 Å². The number of hydrogen-bond acceptors (Lipinski definition) is 8. The molecular weight excluding hydrogens is 378 g/mol. The summed E-state index contributed by atoms with van der Waals surface area (Å²) in [5.41, 5.74) is -0.467. The van der Waals surface area contributed by atoms with Crippen LogP contribution in [0.25, 0.3) is 0 Å². The summed E-state index contributed by atoms with van der Waals surface area (Å²) < 4.78 is 9.32. The first-order valence-electron chi connectivity index (χ1n) is 7.28. The van der Waals surface area contributed by atoms with Gasteiger partial charge in [0.2, 0.25) is 0 Å². The maximum atomic E-state index is 12.0. The van der Waals surface area contributed by atoms with Gasteiger partial charge in [0, 0.05) is 11.0 Å². The van der Waals surface area contributed by atoms with Crippen LogP contribution in [-0.4, -0.2) is 42.2 Å². The number of carboxylic acids is 1. The van der Waals surface area contributed by atoms with Crippen molar-refractivity contribution in [3.63, 3.8) is 0 Å². The normalized spacial score (nSPS) is 10.1. The van der Waals surface area contributed by atoms with Crippen molar-refractivity contribution >= 4 is 35.4 Å². The molecule has 0 aliphatic carbocycles. The topological polar surface area (TPSA) is 133 Å². The monoisotopic (exact) mass is 391 g/mol. The van der Waals surface area contributed by atoms with Gasteiger partial charge in [-0.25, -0.2) is 14.4 Å². The molecule has 27 heavy (non-hydrogen) atoms. The van der Waals surface area contributed by atoms with E-state index in [0.29, 0.717) is 0 Å². The fourth-order valence-corrected chi connectivity index (χ4v) is 3.19. The van der Waals surface area contributed by atoms with Gasteiger partial charge in [0.05, 0.1) is 40.7 Å². The average molecular weight is 391 g/mol. The average Bonchev–Trinajstić information content (AvgIpc) is 2.66. The zero-order valence-corrected chi connectivity index (χ0v) is 14.9. The number of nitro benzene ring substituents is 1. The number of methoxy groups -OCH3 is 2. The van der Waals surface area contributed by atoms with E-state index in [1.165, 1.54) is 44.6 Å². The number of nitrogens with zero attached hydrogens (tertiary/aromatic N) is 1. The van der Waals surface area contributed by atoms with E-state index in [-0.39, 0.29) is 26.5 Å². The molecule has 0 fully saturated rings. The first-order valence-corrected chi connectivity index (χ1v) is 8.10. The molecule has 9 nitrogen and oxygen atoms in total. The SMILES string of the molecule is COC(=O)c1ccc(C(=O)OC)c(Sc2ccc(C(=O)O)cc2[N+](=O)[O-])c1. The molecule has 0 spiro atoms. The lowest BCUT2D eigenvalue weighted by atomic mass is 10.1. The van der Waals surface area contributed by atoms with E-state index < -0.39 is 28.5 Å². The number of esters is 2. The fraction of sp³-hybridized carbons (Fsp3) is 0.118. The van der Waals surface area contributed by atoms with Crippen molar-refractivity contribution in [1.82, 2.24) is 0 Å². The number of carbonyl (C=O) groups excluding carboxylic acids is 2. The fourth-order valence-electron chi connectivity index (χ4n) is 2.13. The minimum atomic E-state index is -1.31. The van der Waals surface area contributed by atoms with Gasteiger partial charge in [-0.05, 0) is 30.3 Å². The molecule has 0 saturated heterocycles. The summed E-state index contributed by atoms with van der Waals surface area (Å²) in [6.45, 7) is 0. The van der Waals surface area contributed by atoms with E-state index in [2.05, 4.69) is 9.47 Å². The van der Waals surface area contributed by atoms with Crippen LogP contribution >= 0.6 is 11.8 Å². The summed E-state index contributed by atoms with van der Waals surface area (Å²) in [4.78, 5) is 45.7. The molecule has 0 aliphatic rings. The Morgan fingerprint density at radius 1 is 0.963 bits per heavy atom. The Balaban J connectivity index is 2.57. The van der Waals surface area contributed by atoms with Crippen LogP contribution in [0.4, 0.5) is 5.69 Å². The van der Waals surface area contributed by atoms with Crippen LogP contribution < -0.4 is 0 Å². The van der Waals surface area contributed by atoms with Crippen LogP contribution in [0.3, 0.4) is 0 Å². The first-order chi connectivity index (χ1) is 12.8. The summed E-state index contributed by atoms with van der Waals surface area (Å²) in [5.74, 6) is -2.65. The molecule has 2 rings (SSSR count). The van der Waals surface area contributed by atoms with E-state index in [9.17, 15) is 24.5 Å². The van der Waals surface area contributed by atoms with Crippen molar-refractivity contribution in [2.75, 3.05) is 14.2 Å². The molecule has 0 amide bonds. The Labute approximate surface area is 157 Å². The molecule has 0 unspecified atom stereocenters. The Bertz CT molecular complexity index is 941. The smallest absolute Gasteiger partial charge is 0.339 e. The standard InChI is InChI=1S/C17H13NO8S/c1-25-16(21)10-3-5-11(17(22)26-2)14(8-10)27-13-6-4-9(15(19)20)7-12(13)18(23)24/h3-8H,1-2H3,(H,19,20). The number of hydrogen-bond donors (Lipinski definition) is 1. The van der Waals surface area contributed by atoms with Crippen molar-refractivity contribution in [2.45, 2.75) is 9.79 Å². The molecule has 0 aromatic heterocycles. The molecule has 1 N–H and O–H groups in total. The lowest BCUT2D eigenvalue weighted by molar-refractivity contribution is -0.387. The number of rotatable bonds is 6. The van der Waals surface area contributed by atoms with Gasteiger partial charge in [-0.1, -0.05) is 11.8 Å². The van der Waals surface area contributed by atoms with Crippen LogP contribution in [0.2, 0.25) is 0 Å². The van der Waals surface area contributed by atoms with E-state index in [0.717, 1.165) is 17.8 Å². The highest BCUT2D eigenvalue weighted by Gasteiger charge is 2.22. The van der Waals surface area contributed by atoms with E-state index in [1.54, 1.807) is 0 Å². The zero-order valence-electron chi connectivity index (χ0n) is 14.1. The van der Waals surface area contributed by atoms with Crippen LogP contribution in [0.5, 0.6) is 0 Å². The summed E-state index contributed by atoms with van der Waals surface area (Å²) in [6.07, 6.45) is 0. The second kappa shape index (κ2) is 8.32. The Kier molecular flexibility index (Phi) is 6.14. The molecule has 140 valence electrons. The molecule has 2 aromatic rings. The number of carboxylic acid groups (broad SMARTS) is 1. The Morgan fingerprint density at radius 3 is 2.15 bits per heavy atom. The molecule has 0 saturated carbocycles. The minimum absolute atomic E-state index is 0.0896. The second-order valence-corrected chi connectivity index (χ2v) is 6.12. The molecule has 0 heterocycles. The maximum Gasteiger partial charge on any atom is 0.339 e. The third-order valence-corrected chi connectivity index (χ3v) is 4.55. The highest BCUT2D eigenvalue weighted by atomic mass is 32.2. The maximum absolute atomic E-state index is 12.0. The van der Waals surface area contributed by atoms with Crippen LogP contribution in [0, 0.1) is 10.1 Å². The number of benzene rings is 2. The van der Waals surface area contributed by atoms with Crippen molar-refractivity contribution in [3.05, 3.63) is 63.2 Å². The summed E-state index contributed by atoms with van der Waals surface area (Å²) in [6, 6.07) is 7.45. The van der Waals surface area contributed by atoms with Crippen molar-refractivity contribution < 1.29 is 33.9 Å². The van der Waals surface area contributed by atoms with Gasteiger partial charge in [0.25, 0.3) is 5.69 Å². The predicted octanol–water partition coefficient (Wildman–Crippen LogP) is 3.02. The summed E-state index contributed by atoms with van der Waals surface area (Å²) in [5, 5.41) is 20.3. The summed E-state index contributed by atoms with van der Waals surface area (Å²) in [7, 11) is 2.37. The molecule has 0 bridgehead atoms. The molecule has 0 radical (unpaired) electrons. The van der Waals surface area contributed by atoms with Crippen LogP contribution in [0.1, 0.15) is 31.1 Å². The highest BCUT2D eigenvalue weighted by molar-refractivity contribution is 7.99. The number of carbonyl (C=O) groups is 3. The Morgan fingerprint density at radius 2 is 1.59 bits per heavy atom. The van der Waals surface area contributed by atoms with Crippen molar-refractivity contribution in [3.8, 4) is 0 Å². The lowest BCUT2D eigenvalue weighted by Crippen LogP contribution is -2.07. The lowest BCUT2D eigenvalue weighted by Gasteiger charge is -2.10. The quantitative estimate of drug-likeness (QED) is 0.448. The van der Waals surface area contributed by atoms with Gasteiger partial charge in [0.1, 0.15) is 0 Å². The largest absolute Gasteiger partial charge is 0.478 e. The molecule has 0 atom stereocenters. The zero-order chi connectivity index (χ0) is 20.1. The summed E-state index contributed by atoms with van der Waals surface area (Å²) >= 11 is 0.832. The van der Waals surface area contributed by atoms with Gasteiger partial charge in [-0.15, -0.1) is 0 Å². The van der Waals surface area contributed by atoms with Crippen molar-refractivity contribution in [2.24, 2.45) is 0 Å². The number of aromatic carboxylic acids is 1. The van der Waals surface area contributed by atoms with Crippen LogP contribution in [0.15, 0.2) is 46.2 Å². The minimum Gasteiger partial charge on any atom is -0.478 e. The second-order valence-electron chi connectivity index (χ2n) is 5.04. The number of nitro groups is 1. The third-order valence-electron chi connectivity index (χ3n) is 3.43. The Hall–Kier alpha value is -3.40. The van der Waals surface area contributed by atoms with Gasteiger partial charge in [-0.3, -0.25) is 10.1 Å². The predicted molar refractivity (Wildman–Crippen MR) is 93.3 cm³/mol.